The van der Waals surface area contributed by atoms with Crippen LogP contribution in [0, 0.1) is 19.7 Å². The number of hydrogen-bond acceptors (Lipinski definition) is 3. The second-order valence-corrected chi connectivity index (χ2v) is 6.77. The van der Waals surface area contributed by atoms with Gasteiger partial charge in [-0.1, -0.05) is 29.8 Å². The van der Waals surface area contributed by atoms with Crippen LogP contribution in [-0.2, 0) is 14.9 Å². The SMILES string of the molecule is COC(=O)C1(c2cccc(F)c2C)C=C(c2cc(Cl)cnc2C)CC1. The van der Waals surface area contributed by atoms with E-state index in [4.69, 9.17) is 16.3 Å². The van der Waals surface area contributed by atoms with Crippen molar-refractivity contribution in [2.24, 2.45) is 0 Å². The van der Waals surface area contributed by atoms with Gasteiger partial charge in [-0.25, -0.2) is 4.39 Å². The molecule has 0 radical (unpaired) electrons. The molecular formula is C20H19ClFNO2. The quantitative estimate of drug-likeness (QED) is 0.740. The molecular weight excluding hydrogens is 341 g/mol. The monoisotopic (exact) mass is 359 g/mol. The van der Waals surface area contributed by atoms with Gasteiger partial charge in [0.25, 0.3) is 0 Å². The van der Waals surface area contributed by atoms with Gasteiger partial charge in [-0.05, 0) is 55.5 Å². The van der Waals surface area contributed by atoms with Crippen molar-refractivity contribution in [3.05, 3.63) is 69.8 Å². The molecule has 25 heavy (non-hydrogen) atoms. The zero-order valence-electron chi connectivity index (χ0n) is 14.4. The molecule has 0 saturated heterocycles. The zero-order chi connectivity index (χ0) is 18.2. The van der Waals surface area contributed by atoms with E-state index in [2.05, 4.69) is 4.98 Å². The molecule has 0 saturated carbocycles. The van der Waals surface area contributed by atoms with Gasteiger partial charge in [0, 0.05) is 17.5 Å². The Hall–Kier alpha value is -2.20. The highest BCUT2D eigenvalue weighted by Crippen LogP contribution is 2.45. The molecule has 1 aliphatic carbocycles. The van der Waals surface area contributed by atoms with Crippen LogP contribution < -0.4 is 0 Å². The Morgan fingerprint density at radius 2 is 2.12 bits per heavy atom. The minimum absolute atomic E-state index is 0.330. The second-order valence-electron chi connectivity index (χ2n) is 6.33. The second kappa shape index (κ2) is 6.60. The van der Waals surface area contributed by atoms with Gasteiger partial charge in [0.1, 0.15) is 11.2 Å². The Bertz CT molecular complexity index is 878. The maximum atomic E-state index is 14.1. The first-order valence-electron chi connectivity index (χ1n) is 8.07. The predicted octanol–water partition coefficient (Wildman–Crippen LogP) is 4.78. The van der Waals surface area contributed by atoms with E-state index in [1.54, 1.807) is 25.3 Å². The molecule has 0 N–H and O–H groups in total. The van der Waals surface area contributed by atoms with Crippen molar-refractivity contribution in [3.8, 4) is 0 Å². The summed E-state index contributed by atoms with van der Waals surface area (Å²) in [5.74, 6) is -0.716. The van der Waals surface area contributed by atoms with Gasteiger partial charge in [-0.15, -0.1) is 0 Å². The normalized spacial score (nSPS) is 19.6. The lowest BCUT2D eigenvalue weighted by Crippen LogP contribution is -2.34. The zero-order valence-corrected chi connectivity index (χ0v) is 15.2. The number of allylic oxidation sites excluding steroid dienone is 1. The highest BCUT2D eigenvalue weighted by molar-refractivity contribution is 6.30. The molecule has 1 aliphatic rings. The van der Waals surface area contributed by atoms with Crippen LogP contribution in [0.3, 0.4) is 0 Å². The Kier molecular flexibility index (Phi) is 4.65. The Labute approximate surface area is 151 Å². The summed E-state index contributed by atoms with van der Waals surface area (Å²) in [5, 5.41) is 0.541. The van der Waals surface area contributed by atoms with E-state index >= 15 is 0 Å². The number of rotatable bonds is 3. The molecule has 0 bridgehead atoms. The Balaban J connectivity index is 2.19. The summed E-state index contributed by atoms with van der Waals surface area (Å²) in [6.45, 7) is 3.59. The molecule has 3 rings (SSSR count). The summed E-state index contributed by atoms with van der Waals surface area (Å²) < 4.78 is 19.2. The molecule has 1 heterocycles. The van der Waals surface area contributed by atoms with Crippen molar-refractivity contribution in [1.29, 1.82) is 0 Å². The molecule has 2 aromatic rings. The fourth-order valence-corrected chi connectivity index (χ4v) is 3.73. The molecule has 130 valence electrons. The minimum atomic E-state index is -0.995. The van der Waals surface area contributed by atoms with Crippen LogP contribution in [0.5, 0.6) is 0 Å². The number of ether oxygens (including phenoxy) is 1. The van der Waals surface area contributed by atoms with Crippen LogP contribution in [0.2, 0.25) is 5.02 Å². The molecule has 1 aromatic carbocycles. The molecule has 3 nitrogen and oxygen atoms in total. The van der Waals surface area contributed by atoms with Crippen LogP contribution in [0.15, 0.2) is 36.5 Å². The molecule has 5 heteroatoms. The first-order chi connectivity index (χ1) is 11.9. The van der Waals surface area contributed by atoms with E-state index < -0.39 is 5.41 Å². The third kappa shape index (κ3) is 2.95. The summed E-state index contributed by atoms with van der Waals surface area (Å²) in [6.07, 6.45) is 4.67. The van der Waals surface area contributed by atoms with Crippen molar-refractivity contribution in [3.63, 3.8) is 0 Å². The van der Waals surface area contributed by atoms with Gasteiger partial charge in [0.05, 0.1) is 12.1 Å². The lowest BCUT2D eigenvalue weighted by molar-refractivity contribution is -0.145. The van der Waals surface area contributed by atoms with E-state index in [0.717, 1.165) is 16.8 Å². The highest BCUT2D eigenvalue weighted by atomic mass is 35.5. The lowest BCUT2D eigenvalue weighted by Gasteiger charge is -2.26. The van der Waals surface area contributed by atoms with E-state index in [1.165, 1.54) is 13.2 Å². The standard InChI is InChI=1S/C20H19ClFNO2/c1-12-17(5-4-6-18(12)22)20(19(24)25-3)8-7-14(10-20)16-9-15(21)11-23-13(16)2/h4-6,9-11H,7-8H2,1-3H3. The number of aromatic nitrogens is 1. The van der Waals surface area contributed by atoms with Crippen LogP contribution in [0.1, 0.15) is 35.2 Å². The molecule has 1 atom stereocenters. The van der Waals surface area contributed by atoms with Crippen LogP contribution in [0.25, 0.3) is 5.57 Å². The third-order valence-electron chi connectivity index (χ3n) is 4.91. The number of carbonyl (C=O) groups excluding carboxylic acids is 1. The molecule has 0 amide bonds. The third-order valence-corrected chi connectivity index (χ3v) is 5.11. The van der Waals surface area contributed by atoms with Gasteiger partial charge < -0.3 is 4.74 Å². The number of nitrogens with zero attached hydrogens (tertiary/aromatic N) is 1. The molecule has 0 aliphatic heterocycles. The van der Waals surface area contributed by atoms with Crippen LogP contribution in [0.4, 0.5) is 4.39 Å². The number of aryl methyl sites for hydroxylation is 1. The predicted molar refractivity (Wildman–Crippen MR) is 96.0 cm³/mol. The van der Waals surface area contributed by atoms with Gasteiger partial charge in [0.15, 0.2) is 0 Å². The fraction of sp³-hybridized carbons (Fsp3) is 0.300. The average molecular weight is 360 g/mol. The summed E-state index contributed by atoms with van der Waals surface area (Å²) >= 11 is 6.09. The van der Waals surface area contributed by atoms with E-state index in [0.29, 0.717) is 29.0 Å². The van der Waals surface area contributed by atoms with Gasteiger partial charge >= 0.3 is 5.97 Å². The number of methoxy groups -OCH3 is 1. The van der Waals surface area contributed by atoms with Gasteiger partial charge in [0.2, 0.25) is 0 Å². The maximum Gasteiger partial charge on any atom is 0.320 e. The topological polar surface area (TPSA) is 39.2 Å². The average Bonchev–Trinajstić information content (AvgIpc) is 3.05. The van der Waals surface area contributed by atoms with E-state index in [1.807, 2.05) is 19.1 Å². The number of carbonyl (C=O) groups is 1. The van der Waals surface area contributed by atoms with E-state index in [9.17, 15) is 9.18 Å². The molecule has 1 aromatic heterocycles. The number of benzene rings is 1. The number of hydrogen-bond donors (Lipinski definition) is 0. The lowest BCUT2D eigenvalue weighted by atomic mass is 9.77. The van der Waals surface area contributed by atoms with Crippen molar-refractivity contribution in [2.75, 3.05) is 7.11 Å². The van der Waals surface area contributed by atoms with Crippen LogP contribution >= 0.6 is 11.6 Å². The summed E-state index contributed by atoms with van der Waals surface area (Å²) in [7, 11) is 1.36. The smallest absolute Gasteiger partial charge is 0.320 e. The number of halogens is 2. The molecule has 0 spiro atoms. The summed E-state index contributed by atoms with van der Waals surface area (Å²) in [5.41, 5.74) is 2.83. The fourth-order valence-electron chi connectivity index (χ4n) is 3.57. The number of pyridine rings is 1. The van der Waals surface area contributed by atoms with Crippen molar-refractivity contribution < 1.29 is 13.9 Å². The van der Waals surface area contributed by atoms with Gasteiger partial charge in [-0.2, -0.15) is 0 Å². The highest BCUT2D eigenvalue weighted by Gasteiger charge is 2.44. The summed E-state index contributed by atoms with van der Waals surface area (Å²) in [4.78, 5) is 17.0. The first kappa shape index (κ1) is 17.6. The maximum absolute atomic E-state index is 14.1. The van der Waals surface area contributed by atoms with Crippen LogP contribution in [-0.4, -0.2) is 18.1 Å². The van der Waals surface area contributed by atoms with Gasteiger partial charge in [-0.3, -0.25) is 9.78 Å². The Morgan fingerprint density at radius 1 is 1.36 bits per heavy atom. The first-order valence-corrected chi connectivity index (χ1v) is 8.45. The van der Waals surface area contributed by atoms with Crippen molar-refractivity contribution >= 4 is 23.1 Å². The Morgan fingerprint density at radius 3 is 2.84 bits per heavy atom. The van der Waals surface area contributed by atoms with Crippen molar-refractivity contribution in [1.82, 2.24) is 4.98 Å². The molecule has 1 unspecified atom stereocenters. The minimum Gasteiger partial charge on any atom is -0.468 e. The molecule has 0 fully saturated rings. The van der Waals surface area contributed by atoms with E-state index in [-0.39, 0.29) is 11.8 Å². The number of esters is 1. The largest absolute Gasteiger partial charge is 0.468 e. The van der Waals surface area contributed by atoms with Crippen molar-refractivity contribution in [2.45, 2.75) is 32.1 Å². The summed E-state index contributed by atoms with van der Waals surface area (Å²) in [6, 6.07) is 6.66.